The highest BCUT2D eigenvalue weighted by molar-refractivity contribution is 6.23. The number of pyridine rings is 1. The third kappa shape index (κ3) is 4.26. The fourth-order valence-corrected chi connectivity index (χ4v) is 2.85. The molecule has 0 saturated carbocycles. The molecular weight excluding hydrogens is 338 g/mol. The van der Waals surface area contributed by atoms with Crippen molar-refractivity contribution in [1.29, 1.82) is 10.5 Å². The van der Waals surface area contributed by atoms with E-state index in [0.717, 1.165) is 16.9 Å². The molecule has 1 aliphatic carbocycles. The molecule has 0 aliphatic heterocycles. The van der Waals surface area contributed by atoms with E-state index in [2.05, 4.69) is 22.1 Å². The molecule has 1 aromatic carbocycles. The van der Waals surface area contributed by atoms with E-state index in [1.165, 1.54) is 6.08 Å². The van der Waals surface area contributed by atoms with Gasteiger partial charge in [-0.15, -0.1) is 0 Å². The smallest absolute Gasteiger partial charge is 0.204 e. The van der Waals surface area contributed by atoms with Gasteiger partial charge in [-0.2, -0.15) is 10.5 Å². The van der Waals surface area contributed by atoms with Crippen LogP contribution >= 0.6 is 0 Å². The van der Waals surface area contributed by atoms with Crippen molar-refractivity contribution in [1.82, 2.24) is 4.98 Å². The normalized spacial score (nSPS) is 13.7. The fraction of sp³-hybridized carbons (Fsp3) is 0.190. The minimum absolute atomic E-state index is 0.120. The maximum Gasteiger partial charge on any atom is 0.204 e. The Morgan fingerprint density at radius 1 is 1.00 bits per heavy atom. The number of fused-ring (bicyclic) bond motifs is 1. The predicted molar refractivity (Wildman–Crippen MR) is 103 cm³/mol. The first-order valence-electron chi connectivity index (χ1n) is 8.58. The van der Waals surface area contributed by atoms with E-state index < -0.39 is 0 Å². The Balaban J connectivity index is 1.84. The maximum absolute atomic E-state index is 11.9. The molecule has 0 N–H and O–H groups in total. The summed E-state index contributed by atoms with van der Waals surface area (Å²) in [5.74, 6) is -0.120. The molecule has 0 spiro atoms. The van der Waals surface area contributed by atoms with Gasteiger partial charge in [0, 0.05) is 30.5 Å². The summed E-state index contributed by atoms with van der Waals surface area (Å²) < 4.78 is 0. The molecule has 0 unspecified atom stereocenters. The molecule has 1 aliphatic rings. The van der Waals surface area contributed by atoms with Crippen LogP contribution in [0, 0.1) is 22.7 Å². The second-order valence-electron chi connectivity index (χ2n) is 5.91. The number of allylic oxidation sites excluding steroid dienone is 2. The molecule has 0 atom stereocenters. The van der Waals surface area contributed by atoms with Gasteiger partial charge in [0.1, 0.15) is 5.69 Å². The first kappa shape index (κ1) is 18.0. The number of hydrogen-bond donors (Lipinski definition) is 0. The first-order valence-corrected chi connectivity index (χ1v) is 8.58. The van der Waals surface area contributed by atoms with Crippen LogP contribution in [0.1, 0.15) is 28.9 Å². The van der Waals surface area contributed by atoms with Gasteiger partial charge in [-0.25, -0.2) is 4.99 Å². The predicted octanol–water partition coefficient (Wildman–Crippen LogP) is 3.59. The molecular formula is C21H17N5O. The average Bonchev–Trinajstić information content (AvgIpc) is 2.71. The lowest BCUT2D eigenvalue weighted by atomic mass is 9.99. The van der Waals surface area contributed by atoms with E-state index in [-0.39, 0.29) is 5.78 Å². The van der Waals surface area contributed by atoms with Crippen molar-refractivity contribution in [3.05, 3.63) is 66.0 Å². The lowest BCUT2D eigenvalue weighted by molar-refractivity contribution is 0.104. The minimum atomic E-state index is -0.120. The summed E-state index contributed by atoms with van der Waals surface area (Å²) in [6, 6.07) is 15.5. The highest BCUT2D eigenvalue weighted by Gasteiger charge is 2.18. The second-order valence-corrected chi connectivity index (χ2v) is 5.91. The third-order valence-electron chi connectivity index (χ3n) is 4.16. The topological polar surface area (TPSA) is 93.1 Å². The summed E-state index contributed by atoms with van der Waals surface area (Å²) in [5.41, 5.74) is 3.52. The van der Waals surface area contributed by atoms with Crippen molar-refractivity contribution in [3.8, 4) is 12.1 Å². The number of anilines is 1. The van der Waals surface area contributed by atoms with Gasteiger partial charge < -0.3 is 4.90 Å². The molecule has 3 rings (SSSR count). The summed E-state index contributed by atoms with van der Waals surface area (Å²) in [5, 5.41) is 17.6. The molecule has 27 heavy (non-hydrogen) atoms. The molecule has 2 aromatic rings. The van der Waals surface area contributed by atoms with Crippen molar-refractivity contribution in [2.45, 2.75) is 12.8 Å². The van der Waals surface area contributed by atoms with Crippen molar-refractivity contribution < 1.29 is 4.79 Å². The SMILES string of the molecule is N#CCCN(CCC#N)c1ccc(N=C2C=CC(=O)c3ncccc32)cc1. The zero-order valence-corrected chi connectivity index (χ0v) is 14.7. The van der Waals surface area contributed by atoms with Gasteiger partial charge in [0.15, 0.2) is 0 Å². The maximum atomic E-state index is 11.9. The Kier molecular flexibility index (Phi) is 5.71. The van der Waals surface area contributed by atoms with Crippen LogP contribution in [0.3, 0.4) is 0 Å². The van der Waals surface area contributed by atoms with Crippen molar-refractivity contribution >= 4 is 22.9 Å². The van der Waals surface area contributed by atoms with Crippen LogP contribution < -0.4 is 4.90 Å². The van der Waals surface area contributed by atoms with Crippen LogP contribution in [0.25, 0.3) is 0 Å². The Morgan fingerprint density at radius 2 is 1.70 bits per heavy atom. The Morgan fingerprint density at radius 3 is 2.37 bits per heavy atom. The first-order chi connectivity index (χ1) is 13.2. The Bertz CT molecular complexity index is 959. The number of carbonyl (C=O) groups excluding carboxylic acids is 1. The highest BCUT2D eigenvalue weighted by atomic mass is 16.1. The van der Waals surface area contributed by atoms with E-state index >= 15 is 0 Å². The molecule has 0 fully saturated rings. The van der Waals surface area contributed by atoms with Gasteiger partial charge in [-0.05, 0) is 48.6 Å². The van der Waals surface area contributed by atoms with E-state index in [0.29, 0.717) is 37.3 Å². The summed E-state index contributed by atoms with van der Waals surface area (Å²) in [7, 11) is 0. The van der Waals surface area contributed by atoms with Crippen LogP contribution in [0.2, 0.25) is 0 Å². The highest BCUT2D eigenvalue weighted by Crippen LogP contribution is 2.23. The van der Waals surface area contributed by atoms with E-state index in [9.17, 15) is 4.79 Å². The lowest BCUT2D eigenvalue weighted by Crippen LogP contribution is -2.25. The monoisotopic (exact) mass is 355 g/mol. The zero-order valence-electron chi connectivity index (χ0n) is 14.7. The molecule has 0 bridgehead atoms. The largest absolute Gasteiger partial charge is 0.369 e. The van der Waals surface area contributed by atoms with Gasteiger partial charge in [0.25, 0.3) is 0 Å². The molecule has 1 aromatic heterocycles. The molecule has 6 nitrogen and oxygen atoms in total. The standard InChI is InChI=1S/C21H17N5O/c22-11-2-14-26(15-3-12-23)17-7-5-16(6-8-17)25-19-9-10-20(27)21-18(19)4-1-13-24-21/h1,4-10,13H,2-3,14-15H2. The minimum Gasteiger partial charge on any atom is -0.369 e. The average molecular weight is 355 g/mol. The van der Waals surface area contributed by atoms with E-state index in [1.807, 2.05) is 35.2 Å². The second kappa shape index (κ2) is 8.55. The van der Waals surface area contributed by atoms with Crippen LogP contribution in [-0.4, -0.2) is 29.6 Å². The number of hydrogen-bond acceptors (Lipinski definition) is 6. The molecule has 1 heterocycles. The van der Waals surface area contributed by atoms with Crippen molar-refractivity contribution in [3.63, 3.8) is 0 Å². The van der Waals surface area contributed by atoms with E-state index in [1.54, 1.807) is 18.3 Å². The molecule has 6 heteroatoms. The summed E-state index contributed by atoms with van der Waals surface area (Å²) >= 11 is 0. The number of benzene rings is 1. The lowest BCUT2D eigenvalue weighted by Gasteiger charge is -2.22. The number of rotatable bonds is 6. The van der Waals surface area contributed by atoms with Crippen LogP contribution in [0.15, 0.2) is 59.7 Å². The number of aromatic nitrogens is 1. The number of aliphatic imine (C=N–C) groups is 1. The third-order valence-corrected chi connectivity index (χ3v) is 4.16. The Labute approximate surface area is 157 Å². The van der Waals surface area contributed by atoms with Gasteiger partial charge in [0.2, 0.25) is 5.78 Å². The molecule has 0 radical (unpaired) electrons. The van der Waals surface area contributed by atoms with Crippen molar-refractivity contribution in [2.75, 3.05) is 18.0 Å². The number of nitriles is 2. The van der Waals surface area contributed by atoms with Crippen LogP contribution in [-0.2, 0) is 0 Å². The van der Waals surface area contributed by atoms with Gasteiger partial charge in [0.05, 0.1) is 36.4 Å². The van der Waals surface area contributed by atoms with Gasteiger partial charge in [-0.3, -0.25) is 9.78 Å². The summed E-state index contributed by atoms with van der Waals surface area (Å²) in [6.45, 7) is 1.16. The number of ketones is 1. The van der Waals surface area contributed by atoms with Crippen LogP contribution in [0.5, 0.6) is 0 Å². The van der Waals surface area contributed by atoms with Gasteiger partial charge in [-0.1, -0.05) is 0 Å². The zero-order chi connectivity index (χ0) is 19.1. The summed E-state index contributed by atoms with van der Waals surface area (Å²) in [4.78, 5) is 22.7. The fourth-order valence-electron chi connectivity index (χ4n) is 2.85. The van der Waals surface area contributed by atoms with Crippen molar-refractivity contribution in [2.24, 2.45) is 4.99 Å². The number of carbonyl (C=O) groups is 1. The quantitative estimate of drug-likeness (QED) is 0.789. The number of nitrogens with zero attached hydrogens (tertiary/aromatic N) is 5. The van der Waals surface area contributed by atoms with Gasteiger partial charge >= 0.3 is 0 Å². The van der Waals surface area contributed by atoms with E-state index in [4.69, 9.17) is 10.5 Å². The Hall–Kier alpha value is -3.77. The molecule has 132 valence electrons. The molecule has 0 saturated heterocycles. The van der Waals surface area contributed by atoms with Crippen LogP contribution in [0.4, 0.5) is 11.4 Å². The summed E-state index contributed by atoms with van der Waals surface area (Å²) in [6.07, 6.45) is 5.58. The molecule has 0 amide bonds.